The fraction of sp³-hybridized carbons (Fsp3) is 0.821. The number of esters is 2. The maximum absolute atomic E-state index is 13.5. The Hall–Kier alpha value is -2.11. The number of aliphatic carboxylic acids is 1. The van der Waals surface area contributed by atoms with Gasteiger partial charge in [-0.1, -0.05) is 80.0 Å². The van der Waals surface area contributed by atoms with E-state index < -0.39 is 23.5 Å². The van der Waals surface area contributed by atoms with Gasteiger partial charge in [0, 0.05) is 16.9 Å². The zero-order chi connectivity index (χ0) is 33.5. The van der Waals surface area contributed by atoms with Gasteiger partial charge in [-0.05, 0) is 105 Å². The predicted octanol–water partition coefficient (Wildman–Crippen LogP) is 8.93. The minimum atomic E-state index is -1.12. The third-order valence-corrected chi connectivity index (χ3v) is 14.7. The zero-order valence-corrected chi connectivity index (χ0v) is 30.0. The average molecular weight is 625 g/mol. The summed E-state index contributed by atoms with van der Waals surface area (Å²) in [5.41, 5.74) is 0.406. The van der Waals surface area contributed by atoms with Gasteiger partial charge >= 0.3 is 17.9 Å². The molecule has 0 aromatic heterocycles. The monoisotopic (exact) mass is 624 g/mol. The molecule has 4 saturated carbocycles. The highest BCUT2D eigenvalue weighted by Gasteiger charge is 2.71. The van der Waals surface area contributed by atoms with E-state index in [1.165, 1.54) is 5.57 Å². The highest BCUT2D eigenvalue weighted by Crippen LogP contribution is 2.76. The molecule has 0 saturated heterocycles. The number of carboxylic acid groups (broad SMARTS) is 1. The number of carbonyl (C=O) groups excluding carboxylic acids is 2. The van der Waals surface area contributed by atoms with Gasteiger partial charge in [-0.25, -0.2) is 4.79 Å². The number of fused-ring (bicyclic) bond motifs is 7. The molecule has 0 aliphatic heterocycles. The molecule has 6 nitrogen and oxygen atoms in total. The summed E-state index contributed by atoms with van der Waals surface area (Å²) in [6, 6.07) is 0. The number of allylic oxidation sites excluding steroid dienone is 3. The molecule has 0 aromatic rings. The van der Waals surface area contributed by atoms with Crippen LogP contribution in [0.5, 0.6) is 0 Å². The minimum absolute atomic E-state index is 0.0137. The van der Waals surface area contributed by atoms with Crippen LogP contribution < -0.4 is 0 Å². The summed E-state index contributed by atoms with van der Waals surface area (Å²) in [4.78, 5) is 39.3. The summed E-state index contributed by atoms with van der Waals surface area (Å²) < 4.78 is 12.3. The normalized spacial score (nSPS) is 43.5. The van der Waals surface area contributed by atoms with Crippen molar-refractivity contribution in [1.29, 1.82) is 0 Å². The van der Waals surface area contributed by atoms with Gasteiger partial charge in [0.05, 0.1) is 5.92 Å². The van der Waals surface area contributed by atoms with Crippen LogP contribution >= 0.6 is 0 Å². The molecule has 5 aliphatic carbocycles. The van der Waals surface area contributed by atoms with Gasteiger partial charge in [-0.2, -0.15) is 0 Å². The van der Waals surface area contributed by atoms with E-state index in [4.69, 9.17) is 9.47 Å². The minimum Gasteiger partial charge on any atom is -0.481 e. The maximum atomic E-state index is 13.5. The standard InChI is InChI=1S/C39H60O6/c1-12-24(4)32(41)45-30-22-34(5,6)21-26-25-13-14-28-36(9)17-16-29(44-31(40)23(2)3)35(7,8)27(36)15-18-38(28,11)37(25,10)19-20-39(26,30)33(42)43/h12-13,23,26-30H,14-22H2,1-11H3,(H,42,43)/b24-12-/t26-,27-,28+,29-,30+,36-,37+,38+,39-/m0/s1. The summed E-state index contributed by atoms with van der Waals surface area (Å²) >= 11 is 0. The molecule has 9 atom stereocenters. The van der Waals surface area contributed by atoms with E-state index in [-0.39, 0.29) is 51.0 Å². The van der Waals surface area contributed by atoms with Gasteiger partial charge in [0.15, 0.2) is 0 Å². The molecule has 0 aromatic carbocycles. The van der Waals surface area contributed by atoms with Crippen LogP contribution in [0.25, 0.3) is 0 Å². The predicted molar refractivity (Wildman–Crippen MR) is 176 cm³/mol. The summed E-state index contributed by atoms with van der Waals surface area (Å²) in [5.74, 6) is -0.726. The molecule has 0 radical (unpaired) electrons. The number of hydrogen-bond donors (Lipinski definition) is 1. The van der Waals surface area contributed by atoms with Crippen LogP contribution in [0.3, 0.4) is 0 Å². The molecule has 45 heavy (non-hydrogen) atoms. The van der Waals surface area contributed by atoms with Crippen LogP contribution in [0.2, 0.25) is 0 Å². The molecule has 252 valence electrons. The molecule has 0 amide bonds. The van der Waals surface area contributed by atoms with E-state index in [1.54, 1.807) is 13.0 Å². The second-order valence-electron chi connectivity index (χ2n) is 18.1. The third-order valence-electron chi connectivity index (χ3n) is 14.7. The quantitative estimate of drug-likeness (QED) is 0.187. The molecule has 0 spiro atoms. The summed E-state index contributed by atoms with van der Waals surface area (Å²) in [5, 5.41) is 11.0. The van der Waals surface area contributed by atoms with Gasteiger partial charge in [0.25, 0.3) is 0 Å². The molecule has 0 bridgehead atoms. The summed E-state index contributed by atoms with van der Waals surface area (Å²) in [7, 11) is 0. The SMILES string of the molecule is C/C=C(/C)C(=O)O[C@@H]1CC(C)(C)C[C@H]2C3=CC[C@@H]4[C@@]5(C)CC[C@H](OC(=O)C(C)C)C(C)(C)[C@@H]5CC[C@@]4(C)[C@]3(C)CC[C@@]12C(=O)O. The van der Waals surface area contributed by atoms with Gasteiger partial charge in [-0.3, -0.25) is 9.59 Å². The van der Waals surface area contributed by atoms with Crippen molar-refractivity contribution in [3.8, 4) is 0 Å². The Labute approximate surface area is 272 Å². The van der Waals surface area contributed by atoms with Crippen LogP contribution in [-0.2, 0) is 23.9 Å². The Kier molecular flexibility index (Phi) is 8.35. The smallest absolute Gasteiger partial charge is 0.333 e. The van der Waals surface area contributed by atoms with Crippen molar-refractivity contribution in [3.05, 3.63) is 23.3 Å². The number of hydrogen-bond acceptors (Lipinski definition) is 5. The Morgan fingerprint density at radius 2 is 1.56 bits per heavy atom. The van der Waals surface area contributed by atoms with Crippen molar-refractivity contribution >= 4 is 17.9 Å². The van der Waals surface area contributed by atoms with Gasteiger partial charge in [-0.15, -0.1) is 0 Å². The van der Waals surface area contributed by atoms with Gasteiger partial charge in [0.2, 0.25) is 0 Å². The number of ether oxygens (including phenoxy) is 2. The van der Waals surface area contributed by atoms with Crippen LogP contribution in [0, 0.1) is 56.2 Å². The Morgan fingerprint density at radius 1 is 0.889 bits per heavy atom. The lowest BCUT2D eigenvalue weighted by atomic mass is 9.33. The van der Waals surface area contributed by atoms with E-state index in [0.29, 0.717) is 30.3 Å². The van der Waals surface area contributed by atoms with Crippen LogP contribution in [0.1, 0.15) is 134 Å². The first kappa shape index (κ1) is 34.2. The summed E-state index contributed by atoms with van der Waals surface area (Å²) in [6.45, 7) is 23.9. The lowest BCUT2D eigenvalue weighted by Crippen LogP contribution is -2.67. The van der Waals surface area contributed by atoms with Crippen molar-refractivity contribution in [2.24, 2.45) is 56.2 Å². The highest BCUT2D eigenvalue weighted by atomic mass is 16.6. The average Bonchev–Trinajstić information content (AvgIpc) is 2.93. The molecule has 6 heteroatoms. The largest absolute Gasteiger partial charge is 0.481 e. The second kappa shape index (κ2) is 11.0. The van der Waals surface area contributed by atoms with Crippen LogP contribution in [-0.4, -0.2) is 35.2 Å². The molecular formula is C39H60O6. The van der Waals surface area contributed by atoms with Crippen molar-refractivity contribution < 1.29 is 29.0 Å². The molecule has 5 rings (SSSR count). The van der Waals surface area contributed by atoms with Crippen LogP contribution in [0.4, 0.5) is 0 Å². The fourth-order valence-corrected chi connectivity index (χ4v) is 11.7. The fourth-order valence-electron chi connectivity index (χ4n) is 11.7. The van der Waals surface area contributed by atoms with E-state index in [9.17, 15) is 19.5 Å². The van der Waals surface area contributed by atoms with Crippen molar-refractivity contribution in [2.75, 3.05) is 0 Å². The van der Waals surface area contributed by atoms with Gasteiger partial charge in [0.1, 0.15) is 17.6 Å². The lowest BCUT2D eigenvalue weighted by Gasteiger charge is -2.71. The molecule has 5 aliphatic rings. The maximum Gasteiger partial charge on any atom is 0.333 e. The first-order valence-corrected chi connectivity index (χ1v) is 17.7. The van der Waals surface area contributed by atoms with Crippen LogP contribution in [0.15, 0.2) is 23.3 Å². The first-order chi connectivity index (χ1) is 20.7. The van der Waals surface area contributed by atoms with E-state index in [2.05, 4.69) is 54.5 Å². The Morgan fingerprint density at radius 3 is 2.16 bits per heavy atom. The molecule has 0 heterocycles. The van der Waals surface area contributed by atoms with Crippen molar-refractivity contribution in [1.82, 2.24) is 0 Å². The molecule has 0 unspecified atom stereocenters. The number of carbonyl (C=O) groups is 3. The zero-order valence-electron chi connectivity index (χ0n) is 30.0. The Bertz CT molecular complexity index is 1300. The molecule has 4 fully saturated rings. The third kappa shape index (κ3) is 4.88. The van der Waals surface area contributed by atoms with E-state index in [0.717, 1.165) is 44.9 Å². The van der Waals surface area contributed by atoms with Crippen molar-refractivity contribution in [2.45, 2.75) is 146 Å². The van der Waals surface area contributed by atoms with Crippen molar-refractivity contribution in [3.63, 3.8) is 0 Å². The van der Waals surface area contributed by atoms with E-state index >= 15 is 0 Å². The molecule has 1 N–H and O–H groups in total. The number of carboxylic acids is 1. The first-order valence-electron chi connectivity index (χ1n) is 17.7. The highest BCUT2D eigenvalue weighted by molar-refractivity contribution is 5.88. The lowest BCUT2D eigenvalue weighted by molar-refractivity contribution is -0.221. The number of rotatable bonds is 5. The Balaban J connectivity index is 1.54. The second-order valence-corrected chi connectivity index (χ2v) is 18.1. The van der Waals surface area contributed by atoms with Gasteiger partial charge < -0.3 is 14.6 Å². The molecular weight excluding hydrogens is 564 g/mol. The van der Waals surface area contributed by atoms with E-state index in [1.807, 2.05) is 20.8 Å². The summed E-state index contributed by atoms with van der Waals surface area (Å²) in [6.07, 6.45) is 11.1. The topological polar surface area (TPSA) is 89.9 Å².